The van der Waals surface area contributed by atoms with Crippen molar-refractivity contribution < 1.29 is 13.2 Å². The summed E-state index contributed by atoms with van der Waals surface area (Å²) in [5.74, 6) is 0. The lowest BCUT2D eigenvalue weighted by Crippen LogP contribution is -2.45. The van der Waals surface area contributed by atoms with Crippen molar-refractivity contribution >= 4 is 0 Å². The van der Waals surface area contributed by atoms with Crippen molar-refractivity contribution in [3.8, 4) is 0 Å². The maximum absolute atomic E-state index is 13.1. The Morgan fingerprint density at radius 3 is 2.12 bits per heavy atom. The molecule has 0 spiro atoms. The number of likely N-dealkylation sites (tertiary alicyclic amines) is 2. The second-order valence-electron chi connectivity index (χ2n) is 7.11. The van der Waals surface area contributed by atoms with Crippen LogP contribution in [-0.2, 0) is 12.7 Å². The van der Waals surface area contributed by atoms with E-state index in [9.17, 15) is 13.2 Å². The molecule has 2 aliphatic heterocycles. The average molecular weight is 340 g/mol. The fraction of sp³-hybridized carbons (Fsp3) is 0.684. The highest BCUT2D eigenvalue weighted by Gasteiger charge is 2.33. The van der Waals surface area contributed by atoms with Gasteiger partial charge in [-0.05, 0) is 63.5 Å². The van der Waals surface area contributed by atoms with Crippen LogP contribution >= 0.6 is 0 Å². The zero-order chi connectivity index (χ0) is 17.0. The van der Waals surface area contributed by atoms with Crippen molar-refractivity contribution in [2.75, 3.05) is 26.2 Å². The summed E-state index contributed by atoms with van der Waals surface area (Å²) in [5.41, 5.74) is -0.0853. The zero-order valence-electron chi connectivity index (χ0n) is 14.2. The molecule has 0 radical (unpaired) electrons. The Hall–Kier alpha value is -1.07. The van der Waals surface area contributed by atoms with Crippen molar-refractivity contribution in [1.29, 1.82) is 0 Å². The van der Waals surface area contributed by atoms with Gasteiger partial charge in [0.2, 0.25) is 0 Å². The molecular formula is C19H27F3N2. The first-order chi connectivity index (χ1) is 11.5. The quantitative estimate of drug-likeness (QED) is 0.797. The van der Waals surface area contributed by atoms with Crippen LogP contribution in [0.3, 0.4) is 0 Å². The molecule has 0 aliphatic carbocycles. The standard InChI is InChI=1S/C19H27F3N2/c20-19(21,22)18-8-4-3-7-16(18)15-23-13-9-17(10-14-23)24-11-5-1-2-6-12-24/h3-4,7-8,17H,1-2,5-6,9-15H2. The van der Waals surface area contributed by atoms with Crippen LogP contribution in [0.1, 0.15) is 49.7 Å². The molecule has 1 aromatic rings. The summed E-state index contributed by atoms with van der Waals surface area (Å²) < 4.78 is 39.4. The van der Waals surface area contributed by atoms with Gasteiger partial charge in [-0.2, -0.15) is 13.2 Å². The molecule has 0 atom stereocenters. The maximum Gasteiger partial charge on any atom is 0.416 e. The molecule has 2 aliphatic rings. The summed E-state index contributed by atoms with van der Waals surface area (Å²) in [6.45, 7) is 4.59. The second kappa shape index (κ2) is 7.87. The predicted octanol–water partition coefficient (Wildman–Crippen LogP) is 4.55. The molecular weight excluding hydrogens is 313 g/mol. The first-order valence-electron chi connectivity index (χ1n) is 9.15. The van der Waals surface area contributed by atoms with Gasteiger partial charge in [-0.15, -0.1) is 0 Å². The van der Waals surface area contributed by atoms with Gasteiger partial charge >= 0.3 is 6.18 Å². The van der Waals surface area contributed by atoms with Crippen LogP contribution in [0.15, 0.2) is 24.3 Å². The molecule has 5 heteroatoms. The molecule has 134 valence electrons. The lowest BCUT2D eigenvalue weighted by molar-refractivity contribution is -0.138. The Morgan fingerprint density at radius 1 is 0.875 bits per heavy atom. The summed E-state index contributed by atoms with van der Waals surface area (Å²) in [5, 5.41) is 0. The van der Waals surface area contributed by atoms with Gasteiger partial charge in [0.1, 0.15) is 0 Å². The molecule has 0 N–H and O–H groups in total. The number of halogens is 3. The van der Waals surface area contributed by atoms with Gasteiger partial charge in [0.05, 0.1) is 5.56 Å². The van der Waals surface area contributed by atoms with Crippen LogP contribution in [-0.4, -0.2) is 42.0 Å². The topological polar surface area (TPSA) is 6.48 Å². The van der Waals surface area contributed by atoms with Gasteiger partial charge in [0, 0.05) is 12.6 Å². The van der Waals surface area contributed by atoms with E-state index in [4.69, 9.17) is 0 Å². The van der Waals surface area contributed by atoms with E-state index < -0.39 is 11.7 Å². The average Bonchev–Trinajstić information content (AvgIpc) is 2.84. The van der Waals surface area contributed by atoms with Crippen LogP contribution in [0.5, 0.6) is 0 Å². The van der Waals surface area contributed by atoms with E-state index in [-0.39, 0.29) is 0 Å². The van der Waals surface area contributed by atoms with Crippen LogP contribution < -0.4 is 0 Å². The van der Waals surface area contributed by atoms with Crippen LogP contribution in [0, 0.1) is 0 Å². The minimum atomic E-state index is -4.26. The first kappa shape index (κ1) is 17.7. The third kappa shape index (κ3) is 4.51. The third-order valence-corrected chi connectivity index (χ3v) is 5.43. The smallest absolute Gasteiger partial charge is 0.300 e. The highest BCUT2D eigenvalue weighted by Crippen LogP contribution is 2.33. The lowest BCUT2D eigenvalue weighted by atomic mass is 10.0. The fourth-order valence-corrected chi connectivity index (χ4v) is 4.08. The molecule has 0 amide bonds. The second-order valence-corrected chi connectivity index (χ2v) is 7.11. The molecule has 24 heavy (non-hydrogen) atoms. The molecule has 2 saturated heterocycles. The van der Waals surface area contributed by atoms with Crippen LogP contribution in [0.2, 0.25) is 0 Å². The Bertz CT molecular complexity index is 514. The van der Waals surface area contributed by atoms with Gasteiger partial charge in [-0.25, -0.2) is 0 Å². The summed E-state index contributed by atoms with van der Waals surface area (Å²) >= 11 is 0. The number of piperidine rings is 1. The number of hydrogen-bond donors (Lipinski definition) is 0. The third-order valence-electron chi connectivity index (χ3n) is 5.43. The number of alkyl halides is 3. The highest BCUT2D eigenvalue weighted by atomic mass is 19.4. The molecule has 2 heterocycles. The molecule has 3 rings (SSSR count). The number of hydrogen-bond acceptors (Lipinski definition) is 2. The van der Waals surface area contributed by atoms with E-state index in [0.717, 1.165) is 25.9 Å². The Labute approximate surface area is 142 Å². The number of rotatable bonds is 3. The Morgan fingerprint density at radius 2 is 1.50 bits per heavy atom. The molecule has 0 aromatic heterocycles. The molecule has 1 aromatic carbocycles. The maximum atomic E-state index is 13.1. The van der Waals surface area contributed by atoms with E-state index >= 15 is 0 Å². The van der Waals surface area contributed by atoms with E-state index in [1.165, 1.54) is 50.9 Å². The van der Waals surface area contributed by atoms with Crippen molar-refractivity contribution in [1.82, 2.24) is 9.80 Å². The van der Waals surface area contributed by atoms with E-state index in [2.05, 4.69) is 9.80 Å². The van der Waals surface area contributed by atoms with Crippen molar-refractivity contribution in [3.63, 3.8) is 0 Å². The first-order valence-corrected chi connectivity index (χ1v) is 9.15. The van der Waals surface area contributed by atoms with Crippen LogP contribution in [0.25, 0.3) is 0 Å². The SMILES string of the molecule is FC(F)(F)c1ccccc1CN1CCC(N2CCCCCC2)CC1. The predicted molar refractivity (Wildman–Crippen MR) is 89.8 cm³/mol. The van der Waals surface area contributed by atoms with E-state index in [0.29, 0.717) is 18.2 Å². The molecule has 0 unspecified atom stereocenters. The molecule has 0 bridgehead atoms. The fourth-order valence-electron chi connectivity index (χ4n) is 4.08. The van der Waals surface area contributed by atoms with Gasteiger partial charge in [0.15, 0.2) is 0 Å². The summed E-state index contributed by atoms with van der Waals surface area (Å²) in [6.07, 6.45) is 3.15. The number of nitrogens with zero attached hydrogens (tertiary/aromatic N) is 2. The largest absolute Gasteiger partial charge is 0.416 e. The Kier molecular flexibility index (Phi) is 5.82. The van der Waals surface area contributed by atoms with Gasteiger partial charge in [-0.3, -0.25) is 4.90 Å². The van der Waals surface area contributed by atoms with Crippen molar-refractivity contribution in [2.24, 2.45) is 0 Å². The molecule has 2 nitrogen and oxygen atoms in total. The number of benzene rings is 1. The summed E-state index contributed by atoms with van der Waals surface area (Å²) in [6, 6.07) is 6.60. The monoisotopic (exact) mass is 340 g/mol. The molecule has 0 saturated carbocycles. The van der Waals surface area contributed by atoms with Gasteiger partial charge in [0.25, 0.3) is 0 Å². The zero-order valence-corrected chi connectivity index (χ0v) is 14.2. The normalized spacial score (nSPS) is 22.5. The Balaban J connectivity index is 1.56. The van der Waals surface area contributed by atoms with E-state index in [1.807, 2.05) is 0 Å². The van der Waals surface area contributed by atoms with Crippen molar-refractivity contribution in [3.05, 3.63) is 35.4 Å². The minimum absolute atomic E-state index is 0.401. The van der Waals surface area contributed by atoms with Gasteiger partial charge in [-0.1, -0.05) is 31.0 Å². The van der Waals surface area contributed by atoms with Crippen LogP contribution in [0.4, 0.5) is 13.2 Å². The van der Waals surface area contributed by atoms with E-state index in [1.54, 1.807) is 12.1 Å². The molecule has 2 fully saturated rings. The highest BCUT2D eigenvalue weighted by molar-refractivity contribution is 5.29. The van der Waals surface area contributed by atoms with Gasteiger partial charge < -0.3 is 4.90 Å². The lowest BCUT2D eigenvalue weighted by Gasteiger charge is -2.38. The van der Waals surface area contributed by atoms with Crippen molar-refractivity contribution in [2.45, 2.75) is 57.3 Å². The summed E-state index contributed by atoms with van der Waals surface area (Å²) in [4.78, 5) is 4.80. The minimum Gasteiger partial charge on any atom is -0.300 e. The summed E-state index contributed by atoms with van der Waals surface area (Å²) in [7, 11) is 0.